The summed E-state index contributed by atoms with van der Waals surface area (Å²) in [5, 5.41) is 0.390. The average molecular weight is 359 g/mol. The first-order chi connectivity index (χ1) is 10.7. The van der Waals surface area contributed by atoms with Gasteiger partial charge in [-0.2, -0.15) is 0 Å². The maximum Gasteiger partial charge on any atom is 0.232 e. The molecule has 0 radical (unpaired) electrons. The summed E-state index contributed by atoms with van der Waals surface area (Å²) in [5.41, 5.74) is 2.22. The van der Waals surface area contributed by atoms with Crippen LogP contribution in [0.5, 0.6) is 0 Å². The molecule has 2 rings (SSSR count). The third kappa shape index (κ3) is 4.38. The molecule has 1 amide bonds. The fraction of sp³-hybridized carbons (Fsp3) is 0.562. The molecule has 0 unspecified atom stereocenters. The van der Waals surface area contributed by atoms with E-state index in [1.54, 1.807) is 11.0 Å². The van der Waals surface area contributed by atoms with Crippen molar-refractivity contribution < 1.29 is 13.2 Å². The Morgan fingerprint density at radius 1 is 1.26 bits per heavy atom. The molecule has 0 saturated carbocycles. The van der Waals surface area contributed by atoms with Gasteiger partial charge in [-0.25, -0.2) is 8.42 Å². The molecule has 0 atom stereocenters. The Morgan fingerprint density at radius 3 is 2.39 bits per heavy atom. The molecule has 23 heavy (non-hydrogen) atoms. The first-order valence-electron chi connectivity index (χ1n) is 7.72. The molecule has 1 aromatic carbocycles. The lowest BCUT2D eigenvalue weighted by atomic mass is 10.1. The highest BCUT2D eigenvalue weighted by Crippen LogP contribution is 2.32. The minimum absolute atomic E-state index is 0.00274. The Labute approximate surface area is 143 Å². The van der Waals surface area contributed by atoms with E-state index >= 15 is 0 Å². The molecule has 7 heteroatoms. The number of aryl methyl sites for hydroxylation is 2. The molecule has 128 valence electrons. The number of carbonyl (C=O) groups is 1. The van der Waals surface area contributed by atoms with Crippen molar-refractivity contribution in [1.29, 1.82) is 0 Å². The lowest BCUT2D eigenvalue weighted by Crippen LogP contribution is -2.36. The van der Waals surface area contributed by atoms with Crippen LogP contribution in [0.3, 0.4) is 0 Å². The van der Waals surface area contributed by atoms with Crippen molar-refractivity contribution >= 4 is 33.2 Å². The van der Waals surface area contributed by atoms with Crippen LogP contribution in [0.2, 0.25) is 5.02 Å². The van der Waals surface area contributed by atoms with Gasteiger partial charge in [0.1, 0.15) is 0 Å². The summed E-state index contributed by atoms with van der Waals surface area (Å²) < 4.78 is 25.6. The average Bonchev–Trinajstić information content (AvgIpc) is 2.93. The first kappa shape index (κ1) is 18.1. The van der Waals surface area contributed by atoms with Gasteiger partial charge < -0.3 is 4.90 Å². The van der Waals surface area contributed by atoms with Crippen LogP contribution in [-0.2, 0) is 14.8 Å². The summed E-state index contributed by atoms with van der Waals surface area (Å²) in [5.74, 6) is -0.00274. The molecular formula is C16H23ClN2O3S. The van der Waals surface area contributed by atoms with E-state index < -0.39 is 10.0 Å². The van der Waals surface area contributed by atoms with Gasteiger partial charge in [-0.3, -0.25) is 9.10 Å². The zero-order valence-corrected chi connectivity index (χ0v) is 15.4. The number of carbonyl (C=O) groups excluding carboxylic acids is 1. The number of amides is 1. The van der Waals surface area contributed by atoms with E-state index in [0.717, 1.165) is 43.3 Å². The van der Waals surface area contributed by atoms with Crippen LogP contribution in [0.4, 0.5) is 5.69 Å². The Kier molecular flexibility index (Phi) is 5.57. The molecule has 1 aliphatic rings. The Bertz CT molecular complexity index is 674. The zero-order chi connectivity index (χ0) is 17.2. The van der Waals surface area contributed by atoms with Crippen LogP contribution < -0.4 is 4.31 Å². The number of hydrogen-bond donors (Lipinski definition) is 0. The zero-order valence-electron chi connectivity index (χ0n) is 13.8. The summed E-state index contributed by atoms with van der Waals surface area (Å²) in [6.45, 7) is 5.38. The van der Waals surface area contributed by atoms with Gasteiger partial charge in [-0.1, -0.05) is 17.7 Å². The summed E-state index contributed by atoms with van der Waals surface area (Å²) in [4.78, 5) is 14.0. The van der Waals surface area contributed by atoms with Gasteiger partial charge in [0.2, 0.25) is 15.9 Å². The molecule has 0 aliphatic carbocycles. The number of rotatable bonds is 5. The molecule has 0 spiro atoms. The van der Waals surface area contributed by atoms with E-state index in [-0.39, 0.29) is 18.9 Å². The lowest BCUT2D eigenvalue weighted by molar-refractivity contribution is -0.129. The van der Waals surface area contributed by atoms with Crippen molar-refractivity contribution in [3.63, 3.8) is 0 Å². The topological polar surface area (TPSA) is 57.7 Å². The monoisotopic (exact) mass is 358 g/mol. The fourth-order valence-corrected chi connectivity index (χ4v) is 4.46. The molecule has 1 saturated heterocycles. The highest BCUT2D eigenvalue weighted by atomic mass is 35.5. The largest absolute Gasteiger partial charge is 0.343 e. The second kappa shape index (κ2) is 7.09. The fourth-order valence-electron chi connectivity index (χ4n) is 2.99. The maximum absolute atomic E-state index is 12.2. The van der Waals surface area contributed by atoms with Gasteiger partial charge in [0.25, 0.3) is 0 Å². The third-order valence-electron chi connectivity index (χ3n) is 4.04. The molecule has 1 aromatic rings. The minimum atomic E-state index is -3.52. The molecule has 1 aliphatic heterocycles. The van der Waals surface area contributed by atoms with Crippen molar-refractivity contribution in [3.8, 4) is 0 Å². The van der Waals surface area contributed by atoms with Crippen molar-refractivity contribution in [2.45, 2.75) is 33.1 Å². The van der Waals surface area contributed by atoms with Crippen LogP contribution >= 0.6 is 11.6 Å². The van der Waals surface area contributed by atoms with Crippen molar-refractivity contribution in [3.05, 3.63) is 28.3 Å². The van der Waals surface area contributed by atoms with Gasteiger partial charge in [-0.15, -0.1) is 0 Å². The predicted molar refractivity (Wildman–Crippen MR) is 93.5 cm³/mol. The van der Waals surface area contributed by atoms with E-state index in [1.165, 1.54) is 4.31 Å². The smallest absolute Gasteiger partial charge is 0.232 e. The van der Waals surface area contributed by atoms with Gasteiger partial charge in [-0.05, 0) is 43.9 Å². The second-order valence-electron chi connectivity index (χ2n) is 6.09. The molecule has 5 nitrogen and oxygen atoms in total. The number of nitrogens with zero attached hydrogens (tertiary/aromatic N) is 2. The van der Waals surface area contributed by atoms with Crippen LogP contribution in [-0.4, -0.2) is 45.1 Å². The third-order valence-corrected chi connectivity index (χ3v) is 5.49. The van der Waals surface area contributed by atoms with E-state index in [0.29, 0.717) is 10.7 Å². The van der Waals surface area contributed by atoms with Gasteiger partial charge >= 0.3 is 0 Å². The number of anilines is 1. The van der Waals surface area contributed by atoms with Crippen LogP contribution in [0.25, 0.3) is 0 Å². The normalized spacial score (nSPS) is 15.0. The summed E-state index contributed by atoms with van der Waals surface area (Å²) in [7, 11) is -3.52. The SMILES string of the molecule is Cc1cc(C)c(N(CCC(=O)N2CCCC2)S(C)(=O)=O)c(Cl)c1. The van der Waals surface area contributed by atoms with Crippen LogP contribution in [0.15, 0.2) is 12.1 Å². The summed E-state index contributed by atoms with van der Waals surface area (Å²) >= 11 is 6.28. The van der Waals surface area contributed by atoms with Crippen molar-refractivity contribution in [2.24, 2.45) is 0 Å². The number of halogens is 1. The van der Waals surface area contributed by atoms with Gasteiger partial charge in [0.05, 0.1) is 17.0 Å². The molecular weight excluding hydrogens is 336 g/mol. The van der Waals surface area contributed by atoms with Crippen molar-refractivity contribution in [1.82, 2.24) is 4.90 Å². The number of likely N-dealkylation sites (tertiary alicyclic amines) is 1. The second-order valence-corrected chi connectivity index (χ2v) is 8.40. The Balaban J connectivity index is 2.23. The Hall–Kier alpha value is -1.27. The highest BCUT2D eigenvalue weighted by Gasteiger charge is 2.25. The molecule has 1 heterocycles. The summed E-state index contributed by atoms with van der Waals surface area (Å²) in [6, 6.07) is 3.63. The number of hydrogen-bond acceptors (Lipinski definition) is 3. The first-order valence-corrected chi connectivity index (χ1v) is 9.95. The molecule has 0 N–H and O–H groups in total. The standard InChI is InChI=1S/C16H23ClN2O3S/c1-12-10-13(2)16(14(17)11-12)19(23(3,21)22)9-6-15(20)18-7-4-5-8-18/h10-11H,4-9H2,1-3H3. The van der Waals surface area contributed by atoms with E-state index in [2.05, 4.69) is 0 Å². The highest BCUT2D eigenvalue weighted by molar-refractivity contribution is 7.92. The van der Waals surface area contributed by atoms with Gasteiger partial charge in [0, 0.05) is 26.1 Å². The maximum atomic E-state index is 12.2. The van der Waals surface area contributed by atoms with Crippen molar-refractivity contribution in [2.75, 3.05) is 30.2 Å². The van der Waals surface area contributed by atoms with Crippen LogP contribution in [0, 0.1) is 13.8 Å². The van der Waals surface area contributed by atoms with E-state index in [1.807, 2.05) is 19.9 Å². The van der Waals surface area contributed by atoms with E-state index in [9.17, 15) is 13.2 Å². The molecule has 0 aromatic heterocycles. The Morgan fingerprint density at radius 2 is 1.87 bits per heavy atom. The van der Waals surface area contributed by atoms with Crippen LogP contribution in [0.1, 0.15) is 30.4 Å². The quantitative estimate of drug-likeness (QED) is 0.813. The van der Waals surface area contributed by atoms with E-state index in [4.69, 9.17) is 11.6 Å². The predicted octanol–water partition coefficient (Wildman–Crippen LogP) is 2.74. The summed E-state index contributed by atoms with van der Waals surface area (Å²) in [6.07, 6.45) is 3.34. The number of sulfonamides is 1. The number of benzene rings is 1. The lowest BCUT2D eigenvalue weighted by Gasteiger charge is -2.26. The molecule has 0 bridgehead atoms. The van der Waals surface area contributed by atoms with Gasteiger partial charge in [0.15, 0.2) is 0 Å². The molecule has 1 fully saturated rings. The minimum Gasteiger partial charge on any atom is -0.343 e.